The predicted octanol–water partition coefficient (Wildman–Crippen LogP) is 5.17. The molecule has 34 heavy (non-hydrogen) atoms. The molecular weight excluding hydrogens is 424 g/mol. The maximum absolute atomic E-state index is 13.2. The number of likely N-dealkylation sites (N-methyl/N-ethyl adjacent to an activating group) is 1. The molecule has 6 heteroatoms. The number of aromatic nitrogens is 3. The Bertz CT molecular complexity index is 1320. The summed E-state index contributed by atoms with van der Waals surface area (Å²) in [4.78, 5) is 20.0. The predicted molar refractivity (Wildman–Crippen MR) is 137 cm³/mol. The van der Waals surface area contributed by atoms with E-state index in [9.17, 15) is 4.79 Å². The minimum atomic E-state index is 0.0688. The van der Waals surface area contributed by atoms with E-state index in [0.717, 1.165) is 63.4 Å². The van der Waals surface area contributed by atoms with E-state index in [0.29, 0.717) is 18.6 Å². The number of Topliss-reactive ketones (excluding diaryl/α,β-unsaturated/α-hetero) is 1. The summed E-state index contributed by atoms with van der Waals surface area (Å²) in [7, 11) is 4.02. The molecule has 176 valence electrons. The summed E-state index contributed by atoms with van der Waals surface area (Å²) in [5.41, 5.74) is 7.45. The standard InChI is InChI=1S/C28H32N4O2/c1-6-25-23-9-10-26(29-28(23)31-30-25)24-15-20(8-7-19(24)3)16-27(33)21-13-18(2)14-22(17-21)34-12-11-32(4)5/h7-10,13-15,17H,6,11-12,16H2,1-5H3,(H,29,30,31). The number of aryl methyl sites for hydroxylation is 3. The number of rotatable bonds is 9. The highest BCUT2D eigenvalue weighted by Crippen LogP contribution is 2.27. The maximum atomic E-state index is 13.2. The third kappa shape index (κ3) is 5.34. The first-order chi connectivity index (χ1) is 16.3. The van der Waals surface area contributed by atoms with Crippen LogP contribution >= 0.6 is 0 Å². The molecule has 0 saturated heterocycles. The van der Waals surface area contributed by atoms with Crippen molar-refractivity contribution in [1.29, 1.82) is 0 Å². The van der Waals surface area contributed by atoms with E-state index >= 15 is 0 Å². The van der Waals surface area contributed by atoms with Gasteiger partial charge < -0.3 is 9.64 Å². The van der Waals surface area contributed by atoms with Crippen molar-refractivity contribution in [3.8, 4) is 17.0 Å². The molecule has 0 bridgehead atoms. The van der Waals surface area contributed by atoms with E-state index in [-0.39, 0.29) is 5.78 Å². The molecule has 0 aliphatic carbocycles. The molecule has 0 fully saturated rings. The second kappa shape index (κ2) is 10.2. The van der Waals surface area contributed by atoms with Crippen LogP contribution in [0.15, 0.2) is 48.5 Å². The van der Waals surface area contributed by atoms with Crippen molar-refractivity contribution in [2.45, 2.75) is 33.6 Å². The summed E-state index contributed by atoms with van der Waals surface area (Å²) in [5, 5.41) is 8.48. The van der Waals surface area contributed by atoms with Gasteiger partial charge >= 0.3 is 0 Å². The van der Waals surface area contributed by atoms with Crippen LogP contribution in [-0.4, -0.2) is 53.1 Å². The third-order valence-corrected chi connectivity index (χ3v) is 5.97. The number of fused-ring (bicyclic) bond motifs is 1. The second-order valence-corrected chi connectivity index (χ2v) is 9.06. The Morgan fingerprint density at radius 1 is 1.06 bits per heavy atom. The van der Waals surface area contributed by atoms with Gasteiger partial charge in [-0.1, -0.05) is 19.1 Å². The zero-order valence-electron chi connectivity index (χ0n) is 20.6. The van der Waals surface area contributed by atoms with Gasteiger partial charge in [0.2, 0.25) is 0 Å². The number of H-pyrrole nitrogens is 1. The van der Waals surface area contributed by atoms with Crippen LogP contribution in [0.5, 0.6) is 5.75 Å². The van der Waals surface area contributed by atoms with Crippen molar-refractivity contribution >= 4 is 16.8 Å². The van der Waals surface area contributed by atoms with Gasteiger partial charge in [0.25, 0.3) is 0 Å². The molecule has 0 aliphatic heterocycles. The van der Waals surface area contributed by atoms with Crippen LogP contribution in [-0.2, 0) is 12.8 Å². The molecule has 2 aromatic carbocycles. The number of nitrogens with one attached hydrogen (secondary N) is 1. The van der Waals surface area contributed by atoms with Gasteiger partial charge in [-0.05, 0) is 87.5 Å². The maximum Gasteiger partial charge on any atom is 0.181 e. The summed E-state index contributed by atoms with van der Waals surface area (Å²) in [6.07, 6.45) is 1.20. The van der Waals surface area contributed by atoms with Gasteiger partial charge in [0.05, 0.1) is 5.69 Å². The summed E-state index contributed by atoms with van der Waals surface area (Å²) in [5.74, 6) is 0.803. The number of benzene rings is 2. The monoisotopic (exact) mass is 456 g/mol. The third-order valence-electron chi connectivity index (χ3n) is 5.97. The average Bonchev–Trinajstić information content (AvgIpc) is 3.22. The minimum absolute atomic E-state index is 0.0688. The van der Waals surface area contributed by atoms with Crippen molar-refractivity contribution < 1.29 is 9.53 Å². The average molecular weight is 457 g/mol. The van der Waals surface area contributed by atoms with Gasteiger partial charge in [-0.2, -0.15) is 5.10 Å². The molecule has 4 rings (SSSR count). The number of ketones is 1. The molecule has 0 radical (unpaired) electrons. The molecule has 2 heterocycles. The topological polar surface area (TPSA) is 71.1 Å². The minimum Gasteiger partial charge on any atom is -0.492 e. The highest BCUT2D eigenvalue weighted by molar-refractivity contribution is 5.98. The Hall–Kier alpha value is -3.51. The molecule has 0 amide bonds. The zero-order valence-corrected chi connectivity index (χ0v) is 20.6. The highest BCUT2D eigenvalue weighted by atomic mass is 16.5. The van der Waals surface area contributed by atoms with Gasteiger partial charge in [0, 0.05) is 35.2 Å². The molecule has 4 aromatic rings. The first-order valence-electron chi connectivity index (χ1n) is 11.7. The van der Waals surface area contributed by atoms with Gasteiger partial charge in [-0.25, -0.2) is 4.98 Å². The first kappa shape index (κ1) is 23.6. The lowest BCUT2D eigenvalue weighted by atomic mass is 9.96. The van der Waals surface area contributed by atoms with Crippen molar-refractivity contribution in [3.05, 3.63) is 76.5 Å². The Labute approximate surface area is 201 Å². The fourth-order valence-corrected chi connectivity index (χ4v) is 4.05. The molecule has 1 N–H and O–H groups in total. The SMILES string of the molecule is CCc1[nH]nc2nc(-c3cc(CC(=O)c4cc(C)cc(OCCN(C)C)c4)ccc3C)ccc12. The van der Waals surface area contributed by atoms with Crippen LogP contribution in [0.1, 0.15) is 39.7 Å². The van der Waals surface area contributed by atoms with E-state index in [4.69, 9.17) is 9.72 Å². The van der Waals surface area contributed by atoms with E-state index in [1.165, 1.54) is 0 Å². The zero-order chi connectivity index (χ0) is 24.2. The van der Waals surface area contributed by atoms with E-state index in [2.05, 4.69) is 47.1 Å². The molecule has 2 aromatic heterocycles. The van der Waals surface area contributed by atoms with Crippen LogP contribution < -0.4 is 4.74 Å². The lowest BCUT2D eigenvalue weighted by Gasteiger charge is -2.13. The number of hydrogen-bond acceptors (Lipinski definition) is 5. The molecule has 0 atom stereocenters. The number of ether oxygens (including phenoxy) is 1. The van der Waals surface area contributed by atoms with Gasteiger partial charge in [-0.3, -0.25) is 9.89 Å². The molecule has 6 nitrogen and oxygen atoms in total. The Morgan fingerprint density at radius 3 is 2.65 bits per heavy atom. The molecule has 0 saturated carbocycles. The van der Waals surface area contributed by atoms with E-state index < -0.39 is 0 Å². The number of carbonyl (C=O) groups is 1. The van der Waals surface area contributed by atoms with Crippen LogP contribution in [0, 0.1) is 13.8 Å². The first-order valence-corrected chi connectivity index (χ1v) is 11.7. The molecule has 0 aliphatic rings. The van der Waals surface area contributed by atoms with E-state index in [1.807, 2.05) is 51.4 Å². The lowest BCUT2D eigenvalue weighted by molar-refractivity contribution is 0.0992. The lowest BCUT2D eigenvalue weighted by Crippen LogP contribution is -2.19. The normalized spacial score (nSPS) is 11.4. The molecular formula is C28H32N4O2. The number of pyridine rings is 1. The fraction of sp³-hybridized carbons (Fsp3) is 0.321. The fourth-order valence-electron chi connectivity index (χ4n) is 4.05. The Balaban J connectivity index is 1.55. The second-order valence-electron chi connectivity index (χ2n) is 9.06. The Kier molecular flexibility index (Phi) is 7.08. The number of nitrogens with zero attached hydrogens (tertiary/aromatic N) is 3. The highest BCUT2D eigenvalue weighted by Gasteiger charge is 2.13. The summed E-state index contributed by atoms with van der Waals surface area (Å²) in [6.45, 7) is 7.55. The number of hydrogen-bond donors (Lipinski definition) is 1. The van der Waals surface area contributed by atoms with Gasteiger partial charge in [0.1, 0.15) is 12.4 Å². The quantitative estimate of drug-likeness (QED) is 0.352. The van der Waals surface area contributed by atoms with Crippen molar-refractivity contribution in [2.75, 3.05) is 27.2 Å². The summed E-state index contributed by atoms with van der Waals surface area (Å²) >= 11 is 0. The van der Waals surface area contributed by atoms with E-state index in [1.54, 1.807) is 0 Å². The van der Waals surface area contributed by atoms with Crippen LogP contribution in [0.3, 0.4) is 0 Å². The van der Waals surface area contributed by atoms with Crippen molar-refractivity contribution in [2.24, 2.45) is 0 Å². The number of carbonyl (C=O) groups excluding carboxylic acids is 1. The summed E-state index contributed by atoms with van der Waals surface area (Å²) < 4.78 is 5.87. The van der Waals surface area contributed by atoms with Crippen LogP contribution in [0.2, 0.25) is 0 Å². The summed E-state index contributed by atoms with van der Waals surface area (Å²) in [6, 6.07) is 16.0. The van der Waals surface area contributed by atoms with Crippen LogP contribution in [0.25, 0.3) is 22.3 Å². The van der Waals surface area contributed by atoms with Crippen molar-refractivity contribution in [3.63, 3.8) is 0 Å². The van der Waals surface area contributed by atoms with Gasteiger partial charge in [-0.15, -0.1) is 0 Å². The largest absolute Gasteiger partial charge is 0.492 e. The van der Waals surface area contributed by atoms with Gasteiger partial charge in [0.15, 0.2) is 11.4 Å². The van der Waals surface area contributed by atoms with Crippen molar-refractivity contribution in [1.82, 2.24) is 20.1 Å². The smallest absolute Gasteiger partial charge is 0.181 e. The van der Waals surface area contributed by atoms with Crippen LogP contribution in [0.4, 0.5) is 0 Å². The Morgan fingerprint density at radius 2 is 1.88 bits per heavy atom. The number of aromatic amines is 1. The molecule has 0 unspecified atom stereocenters. The molecule has 0 spiro atoms.